The number of alkyl halides is 3. The van der Waals surface area contributed by atoms with E-state index in [1.807, 2.05) is 34.7 Å². The number of nitrogens with one attached hydrogen (secondary N) is 1. The number of benzene rings is 2. The highest BCUT2D eigenvalue weighted by atomic mass is 19.4. The molecule has 1 saturated heterocycles. The number of pyridine rings is 1. The fourth-order valence-corrected chi connectivity index (χ4v) is 4.70. The molecular formula is C29H29F3N4O2. The summed E-state index contributed by atoms with van der Waals surface area (Å²) in [5, 5.41) is 3.00. The maximum atomic E-state index is 13.3. The SMILES string of the molecule is O=C(CCc1c(-c2ccccc2)nc2ccc(-c3cccc(C(F)(F)F)c3)cn12)NCCN1CCOCC1. The molecule has 0 spiro atoms. The summed E-state index contributed by atoms with van der Waals surface area (Å²) in [5.74, 6) is -0.0544. The van der Waals surface area contributed by atoms with Crippen molar-refractivity contribution in [1.82, 2.24) is 19.6 Å². The van der Waals surface area contributed by atoms with Gasteiger partial charge in [0.1, 0.15) is 5.65 Å². The second-order valence-corrected chi connectivity index (χ2v) is 9.30. The Bertz CT molecular complexity index is 1400. The second-order valence-electron chi connectivity index (χ2n) is 9.30. The van der Waals surface area contributed by atoms with Crippen molar-refractivity contribution < 1.29 is 22.7 Å². The number of halogens is 3. The molecule has 0 atom stereocenters. The Morgan fingerprint density at radius 2 is 1.71 bits per heavy atom. The molecular weight excluding hydrogens is 493 g/mol. The number of rotatable bonds is 8. The Hall–Kier alpha value is -3.69. The van der Waals surface area contributed by atoms with E-state index in [-0.39, 0.29) is 12.3 Å². The standard InChI is InChI=1S/C29H29F3N4O2/c30-29(31,32)24-8-4-7-22(19-24)23-9-11-26-34-28(21-5-2-1-3-6-21)25(36(26)20-23)10-12-27(37)33-13-14-35-15-17-38-18-16-35/h1-9,11,19-20H,10,12-18H2,(H,33,37). The molecule has 1 aliphatic heterocycles. The maximum absolute atomic E-state index is 13.3. The Balaban J connectivity index is 1.39. The van der Waals surface area contributed by atoms with Gasteiger partial charge in [0.05, 0.1) is 30.2 Å². The van der Waals surface area contributed by atoms with Crippen LogP contribution in [0.3, 0.4) is 0 Å². The van der Waals surface area contributed by atoms with Crippen molar-refractivity contribution in [1.29, 1.82) is 0 Å². The molecule has 0 saturated carbocycles. The minimum absolute atomic E-state index is 0.0544. The zero-order valence-corrected chi connectivity index (χ0v) is 20.9. The van der Waals surface area contributed by atoms with Gasteiger partial charge in [-0.15, -0.1) is 0 Å². The number of nitrogens with zero attached hydrogens (tertiary/aromatic N) is 3. The van der Waals surface area contributed by atoms with Crippen molar-refractivity contribution in [2.75, 3.05) is 39.4 Å². The van der Waals surface area contributed by atoms with Gasteiger partial charge in [-0.25, -0.2) is 4.98 Å². The van der Waals surface area contributed by atoms with Gasteiger partial charge in [-0.3, -0.25) is 9.69 Å². The van der Waals surface area contributed by atoms with Gasteiger partial charge in [0.25, 0.3) is 0 Å². The van der Waals surface area contributed by atoms with Crippen LogP contribution in [0.4, 0.5) is 13.2 Å². The number of imidazole rings is 1. The Kier molecular flexibility index (Phi) is 7.76. The van der Waals surface area contributed by atoms with E-state index in [1.54, 1.807) is 24.4 Å². The lowest BCUT2D eigenvalue weighted by atomic mass is 10.0. The number of fused-ring (bicyclic) bond motifs is 1. The van der Waals surface area contributed by atoms with E-state index in [9.17, 15) is 18.0 Å². The third-order valence-corrected chi connectivity index (χ3v) is 6.73. The summed E-state index contributed by atoms with van der Waals surface area (Å²) in [6.45, 7) is 4.51. The molecule has 6 nitrogen and oxygen atoms in total. The van der Waals surface area contributed by atoms with Crippen LogP contribution >= 0.6 is 0 Å². The van der Waals surface area contributed by atoms with Crippen LogP contribution in [0, 0.1) is 0 Å². The van der Waals surface area contributed by atoms with Gasteiger partial charge < -0.3 is 14.5 Å². The fourth-order valence-electron chi connectivity index (χ4n) is 4.70. The summed E-state index contributed by atoms with van der Waals surface area (Å²) in [4.78, 5) is 19.8. The molecule has 38 heavy (non-hydrogen) atoms. The van der Waals surface area contributed by atoms with E-state index in [0.29, 0.717) is 43.0 Å². The molecule has 4 aromatic rings. The van der Waals surface area contributed by atoms with Gasteiger partial charge in [-0.1, -0.05) is 42.5 Å². The quantitative estimate of drug-likeness (QED) is 0.351. The van der Waals surface area contributed by atoms with Crippen LogP contribution in [0.1, 0.15) is 17.7 Å². The highest BCUT2D eigenvalue weighted by Crippen LogP contribution is 2.33. The minimum atomic E-state index is -4.42. The first-order valence-corrected chi connectivity index (χ1v) is 12.7. The molecule has 9 heteroatoms. The molecule has 0 unspecified atom stereocenters. The van der Waals surface area contributed by atoms with Crippen molar-refractivity contribution in [2.24, 2.45) is 0 Å². The molecule has 5 rings (SSSR count). The predicted octanol–water partition coefficient (Wildman–Crippen LogP) is 5.07. The molecule has 1 N–H and O–H groups in total. The fraction of sp³-hybridized carbons (Fsp3) is 0.310. The molecule has 3 heterocycles. The largest absolute Gasteiger partial charge is 0.416 e. The lowest BCUT2D eigenvalue weighted by molar-refractivity contribution is -0.137. The Morgan fingerprint density at radius 1 is 0.947 bits per heavy atom. The van der Waals surface area contributed by atoms with E-state index in [0.717, 1.165) is 48.7 Å². The van der Waals surface area contributed by atoms with Crippen molar-refractivity contribution in [2.45, 2.75) is 19.0 Å². The number of hydrogen-bond acceptors (Lipinski definition) is 4. The van der Waals surface area contributed by atoms with Crippen LogP contribution in [0.5, 0.6) is 0 Å². The van der Waals surface area contributed by atoms with Crippen molar-refractivity contribution in [3.05, 3.63) is 84.2 Å². The predicted molar refractivity (Wildman–Crippen MR) is 140 cm³/mol. The van der Waals surface area contributed by atoms with E-state index in [2.05, 4.69) is 10.2 Å². The number of aromatic nitrogens is 2. The number of hydrogen-bond donors (Lipinski definition) is 1. The molecule has 0 radical (unpaired) electrons. The molecule has 1 amide bonds. The van der Waals surface area contributed by atoms with Gasteiger partial charge in [-0.2, -0.15) is 13.2 Å². The van der Waals surface area contributed by atoms with E-state index in [1.165, 1.54) is 6.07 Å². The summed E-state index contributed by atoms with van der Waals surface area (Å²) in [5.41, 5.74) is 3.58. The highest BCUT2D eigenvalue weighted by Gasteiger charge is 2.30. The molecule has 2 aromatic carbocycles. The summed E-state index contributed by atoms with van der Waals surface area (Å²) in [6.07, 6.45) is -1.92. The Labute approximate surface area is 219 Å². The summed E-state index contributed by atoms with van der Waals surface area (Å²) in [6, 6.07) is 18.6. The number of carbonyl (C=O) groups is 1. The average molecular weight is 523 g/mol. The topological polar surface area (TPSA) is 58.9 Å². The van der Waals surface area contributed by atoms with Gasteiger partial charge in [0, 0.05) is 44.4 Å². The average Bonchev–Trinajstić information content (AvgIpc) is 3.30. The normalized spacial score (nSPS) is 14.6. The number of carbonyl (C=O) groups excluding carboxylic acids is 1. The van der Waals surface area contributed by atoms with E-state index < -0.39 is 11.7 Å². The van der Waals surface area contributed by atoms with Crippen LogP contribution in [-0.4, -0.2) is 59.6 Å². The molecule has 1 fully saturated rings. The van der Waals surface area contributed by atoms with Crippen molar-refractivity contribution >= 4 is 11.6 Å². The number of aryl methyl sites for hydroxylation is 1. The first-order chi connectivity index (χ1) is 18.4. The highest BCUT2D eigenvalue weighted by molar-refractivity contribution is 5.77. The minimum Gasteiger partial charge on any atom is -0.379 e. The van der Waals surface area contributed by atoms with Crippen molar-refractivity contribution in [3.63, 3.8) is 0 Å². The van der Waals surface area contributed by atoms with Crippen LogP contribution in [0.2, 0.25) is 0 Å². The maximum Gasteiger partial charge on any atom is 0.416 e. The first-order valence-electron chi connectivity index (χ1n) is 12.7. The zero-order chi connectivity index (χ0) is 26.5. The van der Waals surface area contributed by atoms with E-state index in [4.69, 9.17) is 9.72 Å². The van der Waals surface area contributed by atoms with Crippen molar-refractivity contribution in [3.8, 4) is 22.4 Å². The molecule has 0 bridgehead atoms. The van der Waals surface area contributed by atoms with Crippen LogP contribution in [0.25, 0.3) is 28.0 Å². The summed E-state index contributed by atoms with van der Waals surface area (Å²) >= 11 is 0. The van der Waals surface area contributed by atoms with Crippen LogP contribution in [-0.2, 0) is 22.1 Å². The third kappa shape index (κ3) is 6.06. The molecule has 2 aromatic heterocycles. The zero-order valence-electron chi connectivity index (χ0n) is 20.9. The van der Waals surface area contributed by atoms with E-state index >= 15 is 0 Å². The number of amides is 1. The smallest absolute Gasteiger partial charge is 0.379 e. The van der Waals surface area contributed by atoms with Crippen LogP contribution < -0.4 is 5.32 Å². The number of morpholine rings is 1. The van der Waals surface area contributed by atoms with Crippen LogP contribution in [0.15, 0.2) is 72.9 Å². The van der Waals surface area contributed by atoms with Gasteiger partial charge in [-0.05, 0) is 41.8 Å². The molecule has 198 valence electrons. The molecule has 1 aliphatic rings. The molecule has 0 aliphatic carbocycles. The lowest BCUT2D eigenvalue weighted by Gasteiger charge is -2.26. The number of ether oxygens (including phenoxy) is 1. The second kappa shape index (κ2) is 11.4. The first kappa shape index (κ1) is 25.9. The Morgan fingerprint density at radius 3 is 2.47 bits per heavy atom. The third-order valence-electron chi connectivity index (χ3n) is 6.73. The van der Waals surface area contributed by atoms with Gasteiger partial charge in [0.2, 0.25) is 5.91 Å². The van der Waals surface area contributed by atoms with Gasteiger partial charge >= 0.3 is 6.18 Å². The summed E-state index contributed by atoms with van der Waals surface area (Å²) in [7, 11) is 0. The lowest BCUT2D eigenvalue weighted by Crippen LogP contribution is -2.41. The summed E-state index contributed by atoms with van der Waals surface area (Å²) < 4.78 is 47.1. The monoisotopic (exact) mass is 522 g/mol. The van der Waals surface area contributed by atoms with Gasteiger partial charge in [0.15, 0.2) is 0 Å².